The molecule has 7 rings (SSSR count). The molecule has 5 heteroatoms. The maximum Gasteiger partial charge on any atom is 0.537 e. The molecule has 0 spiro atoms. The molecule has 176 valence electrons. The maximum absolute atomic E-state index is 10.9. The van der Waals surface area contributed by atoms with E-state index in [2.05, 4.69) is 53.1 Å². The number of benzene rings is 5. The van der Waals surface area contributed by atoms with Gasteiger partial charge in [0.1, 0.15) is 11.4 Å². The lowest BCUT2D eigenvalue weighted by Gasteiger charge is -2.40. The van der Waals surface area contributed by atoms with Crippen molar-refractivity contribution >= 4 is 28.2 Å². The van der Waals surface area contributed by atoms with E-state index in [1.165, 1.54) is 0 Å². The zero-order valence-corrected chi connectivity index (χ0v) is 20.0. The second-order valence-corrected chi connectivity index (χ2v) is 9.38. The van der Waals surface area contributed by atoms with Crippen LogP contribution < -0.4 is 20.2 Å². The van der Waals surface area contributed by atoms with Crippen LogP contribution >= 0.6 is 0 Å². The second-order valence-electron chi connectivity index (χ2n) is 9.38. The Hall–Kier alpha value is -4.90. The maximum atomic E-state index is 10.9. The minimum absolute atomic E-state index is 0.190. The molecule has 2 heterocycles. The van der Waals surface area contributed by atoms with Crippen molar-refractivity contribution in [2.75, 3.05) is 0 Å². The second kappa shape index (κ2) is 8.35. The van der Waals surface area contributed by atoms with Gasteiger partial charge in [-0.2, -0.15) is 0 Å². The number of hydrogen-bond donors (Lipinski definition) is 1. The van der Waals surface area contributed by atoms with E-state index in [1.807, 2.05) is 78.9 Å². The topological polar surface area (TPSA) is 46.2 Å². The van der Waals surface area contributed by atoms with Crippen LogP contribution in [-0.4, -0.2) is 16.7 Å². The van der Waals surface area contributed by atoms with Crippen molar-refractivity contribution in [3.8, 4) is 34.0 Å². The molecule has 0 radical (unpaired) electrons. The van der Waals surface area contributed by atoms with Gasteiger partial charge in [0.2, 0.25) is 0 Å². The van der Waals surface area contributed by atoms with Gasteiger partial charge in [-0.25, -0.2) is 0 Å². The molecule has 5 aromatic carbocycles. The molecule has 6 aromatic rings. The Bertz CT molecular complexity index is 1730. The molecule has 1 aliphatic rings. The van der Waals surface area contributed by atoms with Gasteiger partial charge in [0, 0.05) is 10.9 Å². The lowest BCUT2D eigenvalue weighted by Crippen LogP contribution is -2.85. The first-order valence-electron chi connectivity index (χ1n) is 12.4. The summed E-state index contributed by atoms with van der Waals surface area (Å²) in [7, 11) is 0. The standard InChI is InChI=1S/C32H23BN2O2/c36-29-21-11-9-19-27(29)31-25-17-7-8-18-26(25)32-28-20-10-12-22-30(28)37-33(35(32)34-31,23-13-3-1-4-14-23)24-15-5-2-6-16-24/h1-22,36H. The Kier molecular flexibility index (Phi) is 4.83. The molecule has 1 aliphatic heterocycles. The van der Waals surface area contributed by atoms with Crippen LogP contribution in [0.4, 0.5) is 0 Å². The molecule has 0 aliphatic carbocycles. The van der Waals surface area contributed by atoms with Gasteiger partial charge >= 0.3 is 6.48 Å². The smallest absolute Gasteiger partial charge is 0.537 e. The Morgan fingerprint density at radius 1 is 0.568 bits per heavy atom. The molecule has 0 fully saturated rings. The van der Waals surface area contributed by atoms with Gasteiger partial charge in [0.15, 0.2) is 5.69 Å². The summed E-state index contributed by atoms with van der Waals surface area (Å²) >= 11 is 0. The highest BCUT2D eigenvalue weighted by molar-refractivity contribution is 6.91. The molecule has 0 unspecified atom stereocenters. The number of hydrogen-bond acceptors (Lipinski definition) is 3. The van der Waals surface area contributed by atoms with Crippen LogP contribution in [0.25, 0.3) is 33.3 Å². The summed E-state index contributed by atoms with van der Waals surface area (Å²) in [6.45, 7) is -2.02. The van der Waals surface area contributed by atoms with Crippen molar-refractivity contribution in [3.05, 3.63) is 133 Å². The number of fused-ring (bicyclic) bond motifs is 5. The highest BCUT2D eigenvalue weighted by atomic mass is 16.5. The van der Waals surface area contributed by atoms with Gasteiger partial charge in [0.25, 0.3) is 0 Å². The third kappa shape index (κ3) is 3.17. The third-order valence-corrected chi connectivity index (χ3v) is 7.32. The van der Waals surface area contributed by atoms with Gasteiger partial charge in [-0.3, -0.25) is 4.59 Å². The molecular formula is C32H23BN2O2. The summed E-state index contributed by atoms with van der Waals surface area (Å²) in [5.74, 6) is 1.01. The van der Waals surface area contributed by atoms with Crippen molar-refractivity contribution in [3.63, 3.8) is 0 Å². The summed E-state index contributed by atoms with van der Waals surface area (Å²) in [4.78, 5) is 0. The molecule has 0 amide bonds. The summed E-state index contributed by atoms with van der Waals surface area (Å²) in [5.41, 5.74) is 5.39. The molecule has 0 bridgehead atoms. The fourth-order valence-corrected chi connectivity index (χ4v) is 5.67. The van der Waals surface area contributed by atoms with Gasteiger partial charge in [-0.05, 0) is 30.3 Å². The molecule has 1 aromatic heterocycles. The van der Waals surface area contributed by atoms with Crippen LogP contribution in [0.5, 0.6) is 11.5 Å². The summed E-state index contributed by atoms with van der Waals surface area (Å²) < 4.78 is 9.16. The van der Waals surface area contributed by atoms with Crippen LogP contribution in [0.1, 0.15) is 0 Å². The predicted octanol–water partition coefficient (Wildman–Crippen LogP) is 5.06. The van der Waals surface area contributed by atoms with E-state index in [4.69, 9.17) is 9.75 Å². The predicted molar refractivity (Wildman–Crippen MR) is 148 cm³/mol. The van der Waals surface area contributed by atoms with Crippen LogP contribution in [0, 0.1) is 0 Å². The minimum atomic E-state index is -2.02. The van der Waals surface area contributed by atoms with Crippen molar-refractivity contribution in [1.29, 1.82) is 0 Å². The van der Waals surface area contributed by atoms with Crippen molar-refractivity contribution in [1.82, 2.24) is 5.10 Å². The number of rotatable bonds is 3. The Morgan fingerprint density at radius 3 is 1.78 bits per heavy atom. The van der Waals surface area contributed by atoms with Crippen molar-refractivity contribution in [2.45, 2.75) is 0 Å². The lowest BCUT2D eigenvalue weighted by atomic mass is 9.41. The number of para-hydroxylation sites is 2. The normalized spacial score (nSPS) is 13.4. The van der Waals surface area contributed by atoms with Gasteiger partial charge in [-0.15, -0.1) is 0 Å². The van der Waals surface area contributed by atoms with E-state index < -0.39 is 6.48 Å². The Morgan fingerprint density at radius 2 is 1.11 bits per heavy atom. The lowest BCUT2D eigenvalue weighted by molar-refractivity contribution is -0.606. The SMILES string of the molecule is Oc1ccccc1-c1n[n+]2c(c3ccccc13)-c1ccccc1O[B-]2(c1ccccc1)c1ccccc1. The first-order chi connectivity index (χ1) is 18.3. The molecular weight excluding hydrogens is 455 g/mol. The summed E-state index contributed by atoms with van der Waals surface area (Å²) in [5, 5.41) is 18.2. The number of phenolic OH excluding ortho intramolecular Hbond substituents is 1. The largest absolute Gasteiger partial charge is 0.649 e. The first kappa shape index (κ1) is 21.4. The van der Waals surface area contributed by atoms with Gasteiger partial charge < -0.3 is 9.76 Å². The zero-order chi connectivity index (χ0) is 24.8. The molecule has 1 N–H and O–H groups in total. The van der Waals surface area contributed by atoms with E-state index in [1.54, 1.807) is 6.07 Å². The van der Waals surface area contributed by atoms with Gasteiger partial charge in [0.05, 0.1) is 16.7 Å². The summed E-state index contributed by atoms with van der Waals surface area (Å²) in [6.07, 6.45) is 0. The molecule has 37 heavy (non-hydrogen) atoms. The molecule has 0 atom stereocenters. The molecule has 4 nitrogen and oxygen atoms in total. The van der Waals surface area contributed by atoms with Crippen LogP contribution in [-0.2, 0) is 0 Å². The highest BCUT2D eigenvalue weighted by Crippen LogP contribution is 2.40. The minimum Gasteiger partial charge on any atom is -0.649 e. The average molecular weight is 478 g/mol. The monoisotopic (exact) mass is 478 g/mol. The molecule has 0 saturated carbocycles. The van der Waals surface area contributed by atoms with E-state index >= 15 is 0 Å². The van der Waals surface area contributed by atoms with E-state index in [9.17, 15) is 5.11 Å². The number of aromatic hydroxyl groups is 1. The quantitative estimate of drug-likeness (QED) is 0.362. The zero-order valence-electron chi connectivity index (χ0n) is 20.0. The first-order valence-corrected chi connectivity index (χ1v) is 12.4. The highest BCUT2D eigenvalue weighted by Gasteiger charge is 2.52. The number of phenols is 1. The molecule has 0 saturated heterocycles. The Labute approximate surface area is 215 Å². The van der Waals surface area contributed by atoms with Crippen LogP contribution in [0.2, 0.25) is 0 Å². The van der Waals surface area contributed by atoms with Gasteiger partial charge in [-0.1, -0.05) is 119 Å². The third-order valence-electron chi connectivity index (χ3n) is 7.32. The van der Waals surface area contributed by atoms with E-state index in [0.717, 1.165) is 38.7 Å². The van der Waals surface area contributed by atoms with Crippen LogP contribution in [0.15, 0.2) is 133 Å². The van der Waals surface area contributed by atoms with Crippen LogP contribution in [0.3, 0.4) is 0 Å². The van der Waals surface area contributed by atoms with Crippen molar-refractivity contribution in [2.24, 2.45) is 0 Å². The number of nitrogens with zero attached hydrogens (tertiary/aromatic N) is 2. The average Bonchev–Trinajstić information content (AvgIpc) is 2.97. The fourth-order valence-electron chi connectivity index (χ4n) is 5.67. The number of aromatic nitrogens is 2. The fraction of sp³-hybridized carbons (Fsp3) is 0. The van der Waals surface area contributed by atoms with Crippen molar-refractivity contribution < 1.29 is 14.4 Å². The van der Waals surface area contributed by atoms with E-state index in [0.29, 0.717) is 11.3 Å². The summed E-state index contributed by atoms with van der Waals surface area (Å²) in [6, 6.07) is 44.4. The van der Waals surface area contributed by atoms with E-state index in [-0.39, 0.29) is 5.75 Å². The Balaban J connectivity index is 1.70.